The van der Waals surface area contributed by atoms with Crippen LogP contribution in [0.4, 0.5) is 5.69 Å². The van der Waals surface area contributed by atoms with Gasteiger partial charge in [-0.2, -0.15) is 0 Å². The molecular weight excluding hydrogens is 334 g/mol. The molecule has 2 aromatic carbocycles. The van der Waals surface area contributed by atoms with E-state index < -0.39 is 5.97 Å². The molecule has 2 unspecified atom stereocenters. The molecule has 0 aliphatic heterocycles. The third-order valence-corrected chi connectivity index (χ3v) is 6.36. The molecule has 1 N–H and O–H groups in total. The van der Waals surface area contributed by atoms with Gasteiger partial charge in [0.25, 0.3) is 0 Å². The van der Waals surface area contributed by atoms with Crippen molar-refractivity contribution < 1.29 is 9.90 Å². The molecule has 142 valence electrons. The lowest BCUT2D eigenvalue weighted by Crippen LogP contribution is -2.25. The van der Waals surface area contributed by atoms with Crippen molar-refractivity contribution in [3.8, 4) is 0 Å². The van der Waals surface area contributed by atoms with Crippen LogP contribution in [0.3, 0.4) is 0 Å². The predicted octanol–water partition coefficient (Wildman–Crippen LogP) is 6.11. The Hall–Kier alpha value is -2.42. The third-order valence-electron chi connectivity index (χ3n) is 6.36. The van der Waals surface area contributed by atoms with Crippen LogP contribution in [-0.4, -0.2) is 17.3 Å². The van der Waals surface area contributed by atoms with E-state index in [2.05, 4.69) is 58.7 Å². The molecule has 3 rings (SSSR count). The van der Waals surface area contributed by atoms with Crippen molar-refractivity contribution in [3.63, 3.8) is 0 Å². The maximum Gasteiger partial charge on any atom is 0.337 e. The summed E-state index contributed by atoms with van der Waals surface area (Å²) < 4.78 is 0. The molecule has 0 amide bonds. The topological polar surface area (TPSA) is 49.7 Å². The van der Waals surface area contributed by atoms with Gasteiger partial charge in [-0.3, -0.25) is 4.99 Å². The van der Waals surface area contributed by atoms with Crippen molar-refractivity contribution in [2.24, 2.45) is 16.8 Å². The van der Waals surface area contributed by atoms with Gasteiger partial charge in [-0.05, 0) is 70.5 Å². The normalized spacial score (nSPS) is 21.0. The van der Waals surface area contributed by atoms with Crippen molar-refractivity contribution in [2.45, 2.75) is 52.9 Å². The van der Waals surface area contributed by atoms with E-state index in [9.17, 15) is 9.90 Å². The number of aryl methyl sites for hydroxylation is 1. The Morgan fingerprint density at radius 1 is 1.22 bits per heavy atom. The van der Waals surface area contributed by atoms with Crippen LogP contribution < -0.4 is 0 Å². The summed E-state index contributed by atoms with van der Waals surface area (Å²) >= 11 is 0. The Balaban J connectivity index is 2.07. The number of nitrogens with zero attached hydrogens (tertiary/aromatic N) is 1. The molecule has 27 heavy (non-hydrogen) atoms. The Morgan fingerprint density at radius 2 is 1.89 bits per heavy atom. The smallest absolute Gasteiger partial charge is 0.337 e. The lowest BCUT2D eigenvalue weighted by atomic mass is 9.74. The predicted molar refractivity (Wildman–Crippen MR) is 112 cm³/mol. The highest BCUT2D eigenvalue weighted by atomic mass is 16.4. The van der Waals surface area contributed by atoms with Crippen LogP contribution >= 0.6 is 0 Å². The van der Waals surface area contributed by atoms with Crippen LogP contribution in [0.1, 0.15) is 73.1 Å². The van der Waals surface area contributed by atoms with E-state index in [4.69, 9.17) is 0 Å². The minimum absolute atomic E-state index is 0.153. The minimum atomic E-state index is -0.955. The summed E-state index contributed by atoms with van der Waals surface area (Å²) in [6.45, 7) is 13.7. The van der Waals surface area contributed by atoms with Crippen molar-refractivity contribution in [3.05, 3.63) is 64.2 Å². The summed E-state index contributed by atoms with van der Waals surface area (Å²) in [6.07, 6.45) is 1.81. The van der Waals surface area contributed by atoms with Crippen molar-refractivity contribution >= 4 is 17.9 Å². The number of fused-ring (bicyclic) bond motifs is 1. The minimum Gasteiger partial charge on any atom is -0.478 e. The summed E-state index contributed by atoms with van der Waals surface area (Å²) in [7, 11) is 0. The van der Waals surface area contributed by atoms with Gasteiger partial charge in [0.1, 0.15) is 0 Å². The first kappa shape index (κ1) is 19.3. The summed E-state index contributed by atoms with van der Waals surface area (Å²) in [4.78, 5) is 15.9. The fourth-order valence-electron chi connectivity index (χ4n) is 4.52. The van der Waals surface area contributed by atoms with Gasteiger partial charge < -0.3 is 5.11 Å². The Morgan fingerprint density at radius 3 is 2.52 bits per heavy atom. The summed E-state index contributed by atoms with van der Waals surface area (Å²) in [5.41, 5.74) is 5.96. The molecule has 3 nitrogen and oxygen atoms in total. The molecule has 0 fully saturated rings. The molecule has 0 heterocycles. The Labute approximate surface area is 162 Å². The third kappa shape index (κ3) is 3.31. The van der Waals surface area contributed by atoms with Gasteiger partial charge in [0.05, 0.1) is 11.3 Å². The number of carbonyl (C=O) groups is 1. The van der Waals surface area contributed by atoms with Crippen LogP contribution in [0.5, 0.6) is 0 Å². The number of carboxylic acid groups (broad SMARTS) is 1. The number of hydrogen-bond donors (Lipinski definition) is 1. The second-order valence-electron chi connectivity index (χ2n) is 8.66. The maximum atomic E-state index is 11.4. The number of aromatic carboxylic acids is 1. The highest BCUT2D eigenvalue weighted by Gasteiger charge is 2.44. The number of para-hydroxylation sites is 1. The van der Waals surface area contributed by atoms with E-state index in [1.54, 1.807) is 18.2 Å². The number of hydrogen-bond acceptors (Lipinski definition) is 2. The molecule has 3 heteroatoms. The zero-order chi connectivity index (χ0) is 19.9. The van der Waals surface area contributed by atoms with Gasteiger partial charge in [-0.25, -0.2) is 4.79 Å². The average Bonchev–Trinajstić information content (AvgIpc) is 2.79. The Kier molecular flexibility index (Phi) is 4.98. The number of benzene rings is 2. The highest BCUT2D eigenvalue weighted by Crippen LogP contribution is 2.53. The van der Waals surface area contributed by atoms with Crippen molar-refractivity contribution in [2.75, 3.05) is 0 Å². The number of carboxylic acids is 1. The second kappa shape index (κ2) is 6.95. The highest BCUT2D eigenvalue weighted by molar-refractivity contribution is 5.95. The number of aliphatic imine (C=N–C) groups is 1. The standard InChI is InChI=1S/C24H29NO2/c1-14(2)22-16(4)24(5,6)20-11-15(3)17(12-19(20)22)13-25-21-10-8-7-9-18(21)23(26)27/h7-14,16,22H,1-6H3,(H,26,27). The summed E-state index contributed by atoms with van der Waals surface area (Å²) in [5, 5.41) is 9.35. The SMILES string of the molecule is Cc1cc2c(cc1C=Nc1ccccc1C(=O)O)C(C(C)C)C(C)C2(C)C. The quantitative estimate of drug-likeness (QED) is 0.666. The molecule has 0 spiro atoms. The fourth-order valence-corrected chi connectivity index (χ4v) is 4.52. The molecule has 0 saturated carbocycles. The number of rotatable bonds is 4. The van der Waals surface area contributed by atoms with Crippen LogP contribution in [0, 0.1) is 18.8 Å². The van der Waals surface area contributed by atoms with Crippen LogP contribution in [0.15, 0.2) is 41.4 Å². The lowest BCUT2D eigenvalue weighted by molar-refractivity contribution is 0.0698. The fraction of sp³-hybridized carbons (Fsp3) is 0.417. The van der Waals surface area contributed by atoms with E-state index in [0.717, 1.165) is 5.56 Å². The average molecular weight is 364 g/mol. The summed E-state index contributed by atoms with van der Waals surface area (Å²) in [6, 6.07) is 11.4. The first-order valence-electron chi connectivity index (χ1n) is 9.66. The van der Waals surface area contributed by atoms with E-state index in [0.29, 0.717) is 23.4 Å². The molecule has 2 aromatic rings. The van der Waals surface area contributed by atoms with Gasteiger partial charge in [-0.15, -0.1) is 0 Å². The molecule has 0 radical (unpaired) electrons. The van der Waals surface area contributed by atoms with Crippen molar-refractivity contribution in [1.82, 2.24) is 0 Å². The zero-order valence-corrected chi connectivity index (χ0v) is 17.1. The van der Waals surface area contributed by atoms with Gasteiger partial charge in [0.15, 0.2) is 0 Å². The molecule has 0 aromatic heterocycles. The molecule has 1 aliphatic carbocycles. The van der Waals surface area contributed by atoms with Crippen LogP contribution in [0.25, 0.3) is 0 Å². The molecule has 1 aliphatic rings. The largest absolute Gasteiger partial charge is 0.478 e. The first-order chi connectivity index (χ1) is 12.6. The monoisotopic (exact) mass is 363 g/mol. The first-order valence-corrected chi connectivity index (χ1v) is 9.66. The van der Waals surface area contributed by atoms with E-state index >= 15 is 0 Å². The van der Waals surface area contributed by atoms with Gasteiger partial charge in [-0.1, -0.05) is 52.8 Å². The van der Waals surface area contributed by atoms with Gasteiger partial charge in [0.2, 0.25) is 0 Å². The van der Waals surface area contributed by atoms with E-state index in [1.807, 2.05) is 12.3 Å². The van der Waals surface area contributed by atoms with Gasteiger partial charge in [0, 0.05) is 6.21 Å². The molecule has 0 saturated heterocycles. The van der Waals surface area contributed by atoms with Crippen LogP contribution in [0.2, 0.25) is 0 Å². The molecule has 0 bridgehead atoms. The molecular formula is C24H29NO2. The lowest BCUT2D eigenvalue weighted by Gasteiger charge is -2.30. The Bertz CT molecular complexity index is 909. The van der Waals surface area contributed by atoms with Crippen molar-refractivity contribution in [1.29, 1.82) is 0 Å². The molecule has 2 atom stereocenters. The second-order valence-corrected chi connectivity index (χ2v) is 8.66. The zero-order valence-electron chi connectivity index (χ0n) is 17.1. The summed E-state index contributed by atoms with van der Waals surface area (Å²) in [5.74, 6) is 0.713. The maximum absolute atomic E-state index is 11.4. The van der Waals surface area contributed by atoms with E-state index in [1.165, 1.54) is 16.7 Å². The van der Waals surface area contributed by atoms with E-state index in [-0.39, 0.29) is 11.0 Å². The van der Waals surface area contributed by atoms with Crippen LogP contribution in [-0.2, 0) is 5.41 Å². The van der Waals surface area contributed by atoms with Gasteiger partial charge >= 0.3 is 5.97 Å².